The minimum Gasteiger partial charge on any atom is -0.451 e. The Bertz CT molecular complexity index is 591. The number of benzene rings is 2. The van der Waals surface area contributed by atoms with E-state index < -0.39 is 17.4 Å². The lowest BCUT2D eigenvalue weighted by atomic mass is 10.2. The molecule has 0 aliphatic heterocycles. The molecule has 0 saturated carbocycles. The Hall–Kier alpha value is -1.65. The maximum absolute atomic E-state index is 14.0. The fraction of sp³-hybridized carbons (Fsp3) is 0.250. The first-order chi connectivity index (χ1) is 9.95. The Balaban J connectivity index is 2.18. The molecule has 0 unspecified atom stereocenters. The van der Waals surface area contributed by atoms with Crippen molar-refractivity contribution < 1.29 is 13.5 Å². The van der Waals surface area contributed by atoms with Gasteiger partial charge in [-0.1, -0.05) is 25.4 Å². The molecular formula is C16H16ClF2NO. The average Bonchev–Trinajstić information content (AvgIpc) is 2.42. The molecule has 0 atom stereocenters. The van der Waals surface area contributed by atoms with Crippen molar-refractivity contribution in [3.63, 3.8) is 0 Å². The summed E-state index contributed by atoms with van der Waals surface area (Å²) in [6.45, 7) is 4.32. The van der Waals surface area contributed by atoms with Crippen molar-refractivity contribution in [2.24, 2.45) is 0 Å². The van der Waals surface area contributed by atoms with Crippen LogP contribution >= 0.6 is 11.6 Å². The molecule has 2 nitrogen and oxygen atoms in total. The fourth-order valence-electron chi connectivity index (χ4n) is 1.75. The van der Waals surface area contributed by atoms with Crippen LogP contribution in [0, 0.1) is 11.6 Å². The van der Waals surface area contributed by atoms with E-state index in [1.165, 1.54) is 12.1 Å². The first-order valence-corrected chi connectivity index (χ1v) is 6.98. The second-order valence-corrected chi connectivity index (χ2v) is 5.42. The van der Waals surface area contributed by atoms with Gasteiger partial charge in [-0.15, -0.1) is 0 Å². The minimum absolute atomic E-state index is 0.237. The van der Waals surface area contributed by atoms with Crippen LogP contribution < -0.4 is 10.1 Å². The summed E-state index contributed by atoms with van der Waals surface area (Å²) < 4.78 is 33.2. The Morgan fingerprint density at radius 2 is 1.67 bits per heavy atom. The van der Waals surface area contributed by atoms with Gasteiger partial charge in [0.15, 0.2) is 17.4 Å². The third-order valence-electron chi connectivity index (χ3n) is 2.81. The summed E-state index contributed by atoms with van der Waals surface area (Å²) in [5.74, 6) is -1.55. The molecular weight excluding hydrogens is 296 g/mol. The molecule has 2 aromatic rings. The molecule has 0 saturated heterocycles. The topological polar surface area (TPSA) is 21.3 Å². The normalized spacial score (nSPS) is 11.0. The van der Waals surface area contributed by atoms with Crippen LogP contribution in [0.1, 0.15) is 19.4 Å². The van der Waals surface area contributed by atoms with E-state index in [-0.39, 0.29) is 6.04 Å². The van der Waals surface area contributed by atoms with Gasteiger partial charge >= 0.3 is 0 Å². The molecule has 0 aliphatic carbocycles. The minimum atomic E-state index is -0.731. The van der Waals surface area contributed by atoms with Gasteiger partial charge in [-0.25, -0.2) is 8.78 Å². The summed E-state index contributed by atoms with van der Waals surface area (Å²) in [6.07, 6.45) is 0. The Morgan fingerprint density at radius 3 is 2.19 bits per heavy atom. The van der Waals surface area contributed by atoms with Gasteiger partial charge in [-0.3, -0.25) is 0 Å². The first-order valence-electron chi connectivity index (χ1n) is 6.60. The van der Waals surface area contributed by atoms with E-state index in [0.717, 1.165) is 0 Å². The van der Waals surface area contributed by atoms with Gasteiger partial charge in [0.05, 0.1) is 0 Å². The summed E-state index contributed by atoms with van der Waals surface area (Å²) in [4.78, 5) is 0. The molecule has 0 heterocycles. The number of nitrogens with one attached hydrogen (secondary N) is 1. The van der Waals surface area contributed by atoms with Crippen LogP contribution in [0.4, 0.5) is 8.78 Å². The maximum Gasteiger partial charge on any atom is 0.198 e. The zero-order valence-corrected chi connectivity index (χ0v) is 12.5. The van der Waals surface area contributed by atoms with Crippen molar-refractivity contribution >= 4 is 11.6 Å². The van der Waals surface area contributed by atoms with Crippen LogP contribution in [0.2, 0.25) is 5.02 Å². The van der Waals surface area contributed by atoms with Crippen LogP contribution in [0.15, 0.2) is 36.4 Å². The lowest BCUT2D eigenvalue weighted by Gasteiger charge is -2.12. The third-order valence-corrected chi connectivity index (χ3v) is 3.06. The summed E-state index contributed by atoms with van der Waals surface area (Å²) in [6, 6.07) is 9.06. The van der Waals surface area contributed by atoms with Crippen molar-refractivity contribution in [2.75, 3.05) is 0 Å². The van der Waals surface area contributed by atoms with Gasteiger partial charge in [0, 0.05) is 17.6 Å². The monoisotopic (exact) mass is 311 g/mol. The average molecular weight is 312 g/mol. The fourth-order valence-corrected chi connectivity index (χ4v) is 1.88. The molecule has 5 heteroatoms. The molecule has 0 radical (unpaired) electrons. The van der Waals surface area contributed by atoms with Crippen molar-refractivity contribution in [3.8, 4) is 11.5 Å². The second kappa shape index (κ2) is 6.87. The van der Waals surface area contributed by atoms with Crippen LogP contribution in [0.3, 0.4) is 0 Å². The predicted octanol–water partition coefficient (Wildman–Crippen LogP) is 4.91. The second-order valence-electron chi connectivity index (χ2n) is 4.98. The zero-order valence-electron chi connectivity index (χ0n) is 11.8. The molecule has 21 heavy (non-hydrogen) atoms. The largest absolute Gasteiger partial charge is 0.451 e. The molecule has 2 rings (SSSR count). The van der Waals surface area contributed by atoms with E-state index in [9.17, 15) is 8.78 Å². The van der Waals surface area contributed by atoms with Crippen LogP contribution in [-0.4, -0.2) is 6.04 Å². The maximum atomic E-state index is 14.0. The van der Waals surface area contributed by atoms with Gasteiger partial charge in [-0.05, 0) is 42.0 Å². The summed E-state index contributed by atoms with van der Waals surface area (Å²) in [7, 11) is 0. The Kier molecular flexibility index (Phi) is 5.15. The van der Waals surface area contributed by atoms with Crippen LogP contribution in [0.5, 0.6) is 11.5 Å². The summed E-state index contributed by atoms with van der Waals surface area (Å²) in [5.41, 5.74) is 0.530. The van der Waals surface area contributed by atoms with Crippen LogP contribution in [0.25, 0.3) is 0 Å². The quantitative estimate of drug-likeness (QED) is 0.847. The van der Waals surface area contributed by atoms with E-state index in [2.05, 4.69) is 5.32 Å². The van der Waals surface area contributed by atoms with E-state index in [4.69, 9.17) is 16.3 Å². The smallest absolute Gasteiger partial charge is 0.198 e. The highest BCUT2D eigenvalue weighted by Crippen LogP contribution is 2.29. The van der Waals surface area contributed by atoms with E-state index >= 15 is 0 Å². The molecule has 0 aromatic heterocycles. The van der Waals surface area contributed by atoms with Gasteiger partial charge in [0.1, 0.15) is 5.75 Å². The number of hydrogen-bond acceptors (Lipinski definition) is 2. The highest BCUT2D eigenvalue weighted by atomic mass is 35.5. The van der Waals surface area contributed by atoms with Crippen molar-refractivity contribution in [3.05, 3.63) is 58.6 Å². The highest BCUT2D eigenvalue weighted by molar-refractivity contribution is 6.30. The third kappa shape index (κ3) is 4.41. The SMILES string of the molecule is CC(C)NCc1cc(F)c(Oc2ccc(Cl)cc2)c(F)c1. The molecule has 2 aromatic carbocycles. The summed E-state index contributed by atoms with van der Waals surface area (Å²) >= 11 is 5.75. The Morgan fingerprint density at radius 1 is 1.10 bits per heavy atom. The van der Waals surface area contributed by atoms with Crippen molar-refractivity contribution in [2.45, 2.75) is 26.4 Å². The molecule has 0 fully saturated rings. The number of ether oxygens (including phenoxy) is 1. The van der Waals surface area contributed by atoms with Crippen molar-refractivity contribution in [1.29, 1.82) is 0 Å². The molecule has 1 N–H and O–H groups in total. The lowest BCUT2D eigenvalue weighted by molar-refractivity contribution is 0.406. The van der Waals surface area contributed by atoms with E-state index in [1.54, 1.807) is 24.3 Å². The number of rotatable bonds is 5. The van der Waals surface area contributed by atoms with E-state index in [1.807, 2.05) is 13.8 Å². The first kappa shape index (κ1) is 15.7. The van der Waals surface area contributed by atoms with Gasteiger partial charge < -0.3 is 10.1 Å². The Labute approximate surface area is 127 Å². The van der Waals surface area contributed by atoms with E-state index in [0.29, 0.717) is 22.9 Å². The van der Waals surface area contributed by atoms with Crippen molar-refractivity contribution in [1.82, 2.24) is 5.32 Å². The lowest BCUT2D eigenvalue weighted by Crippen LogP contribution is -2.22. The number of halogens is 3. The highest BCUT2D eigenvalue weighted by Gasteiger charge is 2.14. The van der Waals surface area contributed by atoms with Gasteiger partial charge in [0.2, 0.25) is 0 Å². The molecule has 0 aliphatic rings. The standard InChI is InChI=1S/C16H16ClF2NO/c1-10(2)20-9-11-7-14(18)16(15(19)8-11)21-13-5-3-12(17)4-6-13/h3-8,10,20H,9H2,1-2H3. The van der Waals surface area contributed by atoms with Gasteiger partial charge in [0.25, 0.3) is 0 Å². The van der Waals surface area contributed by atoms with Crippen LogP contribution in [-0.2, 0) is 6.54 Å². The number of hydrogen-bond donors (Lipinski definition) is 1. The molecule has 112 valence electrons. The molecule has 0 amide bonds. The zero-order chi connectivity index (χ0) is 15.4. The molecule has 0 bridgehead atoms. The summed E-state index contributed by atoms with van der Waals surface area (Å²) in [5, 5.41) is 3.63. The molecule has 0 spiro atoms. The van der Waals surface area contributed by atoms with Gasteiger partial charge in [-0.2, -0.15) is 0 Å². The predicted molar refractivity (Wildman–Crippen MR) is 79.9 cm³/mol.